The van der Waals surface area contributed by atoms with E-state index in [0.717, 1.165) is 12.8 Å². The van der Waals surface area contributed by atoms with Gasteiger partial charge in [0, 0.05) is 17.3 Å². The van der Waals surface area contributed by atoms with Gasteiger partial charge in [-0.25, -0.2) is 4.79 Å². The maximum absolute atomic E-state index is 12.4. The molecule has 2 rings (SSSR count). The highest BCUT2D eigenvalue weighted by atomic mass is 16.5. The Bertz CT molecular complexity index is 729. The molecule has 0 saturated heterocycles. The fourth-order valence-corrected chi connectivity index (χ4v) is 2.07. The van der Waals surface area contributed by atoms with E-state index in [1.54, 1.807) is 30.3 Å². The molecule has 0 radical (unpaired) electrons. The van der Waals surface area contributed by atoms with Crippen LogP contribution in [-0.2, 0) is 4.79 Å². The van der Waals surface area contributed by atoms with E-state index in [2.05, 4.69) is 12.2 Å². The Morgan fingerprint density at radius 2 is 1.76 bits per heavy atom. The van der Waals surface area contributed by atoms with E-state index in [4.69, 9.17) is 14.6 Å². The number of ether oxygens (including phenoxy) is 2. The van der Waals surface area contributed by atoms with Crippen LogP contribution in [0.4, 0.5) is 5.69 Å². The first-order chi connectivity index (χ1) is 12.1. The molecular formula is C19H21NO5. The van der Waals surface area contributed by atoms with E-state index < -0.39 is 12.6 Å². The predicted octanol–water partition coefficient (Wildman–Crippen LogP) is 3.58. The molecule has 2 aromatic rings. The summed E-state index contributed by atoms with van der Waals surface area (Å²) in [5.74, 6) is -0.363. The predicted molar refractivity (Wildman–Crippen MR) is 94.4 cm³/mol. The van der Waals surface area contributed by atoms with Gasteiger partial charge >= 0.3 is 5.97 Å². The fourth-order valence-electron chi connectivity index (χ4n) is 2.07. The lowest BCUT2D eigenvalue weighted by Crippen LogP contribution is -2.13. The minimum atomic E-state index is -1.07. The highest BCUT2D eigenvalue weighted by molar-refractivity contribution is 6.04. The van der Waals surface area contributed by atoms with Crippen LogP contribution in [0.3, 0.4) is 0 Å². The molecule has 2 N–H and O–H groups in total. The number of unbranched alkanes of at least 4 members (excludes halogenated alkanes) is 1. The number of rotatable bonds is 9. The molecule has 0 fully saturated rings. The molecule has 0 saturated carbocycles. The van der Waals surface area contributed by atoms with Crippen molar-refractivity contribution in [2.45, 2.75) is 19.8 Å². The average molecular weight is 343 g/mol. The summed E-state index contributed by atoms with van der Waals surface area (Å²) < 4.78 is 10.7. The van der Waals surface area contributed by atoms with Gasteiger partial charge in [0.25, 0.3) is 5.91 Å². The van der Waals surface area contributed by atoms with Crippen molar-refractivity contribution in [3.63, 3.8) is 0 Å². The first kappa shape index (κ1) is 18.3. The van der Waals surface area contributed by atoms with Gasteiger partial charge in [-0.15, -0.1) is 0 Å². The third-order valence-electron chi connectivity index (χ3n) is 3.32. The standard InChI is InChI=1S/C19H21NO5/c1-2-3-10-24-17-9-5-7-15(12-17)20-19(23)14-6-4-8-16(11-14)25-13-18(21)22/h4-9,11-12H,2-3,10,13H2,1H3,(H,20,23)(H,21,22). The number of amides is 1. The monoisotopic (exact) mass is 343 g/mol. The molecule has 0 bridgehead atoms. The topological polar surface area (TPSA) is 84.9 Å². The second kappa shape index (κ2) is 9.32. The van der Waals surface area contributed by atoms with E-state index in [9.17, 15) is 9.59 Å². The number of aliphatic carboxylic acids is 1. The Labute approximate surface area is 146 Å². The Balaban J connectivity index is 2.00. The van der Waals surface area contributed by atoms with Gasteiger partial charge in [-0.1, -0.05) is 25.5 Å². The van der Waals surface area contributed by atoms with Crippen molar-refractivity contribution in [1.82, 2.24) is 0 Å². The third kappa shape index (κ3) is 6.18. The third-order valence-corrected chi connectivity index (χ3v) is 3.32. The molecule has 0 heterocycles. The number of carbonyl (C=O) groups is 2. The zero-order chi connectivity index (χ0) is 18.1. The maximum atomic E-state index is 12.4. The normalized spacial score (nSPS) is 10.1. The van der Waals surface area contributed by atoms with Crippen LogP contribution in [0.5, 0.6) is 11.5 Å². The Hall–Kier alpha value is -3.02. The summed E-state index contributed by atoms with van der Waals surface area (Å²) in [6, 6.07) is 13.5. The lowest BCUT2D eigenvalue weighted by Gasteiger charge is -2.10. The van der Waals surface area contributed by atoms with Gasteiger partial charge in [0.2, 0.25) is 0 Å². The van der Waals surface area contributed by atoms with E-state index in [1.165, 1.54) is 6.07 Å². The minimum Gasteiger partial charge on any atom is -0.494 e. The Morgan fingerprint density at radius 3 is 2.48 bits per heavy atom. The quantitative estimate of drug-likeness (QED) is 0.680. The SMILES string of the molecule is CCCCOc1cccc(NC(=O)c2cccc(OCC(=O)O)c2)c1. The first-order valence-corrected chi connectivity index (χ1v) is 8.07. The number of hydrogen-bond donors (Lipinski definition) is 2. The molecule has 0 unspecified atom stereocenters. The minimum absolute atomic E-state index is 0.313. The molecule has 25 heavy (non-hydrogen) atoms. The van der Waals surface area contributed by atoms with Gasteiger partial charge in [-0.3, -0.25) is 4.79 Å². The first-order valence-electron chi connectivity index (χ1n) is 8.07. The molecule has 0 aliphatic heterocycles. The van der Waals surface area contributed by atoms with Gasteiger partial charge in [-0.2, -0.15) is 0 Å². The summed E-state index contributed by atoms with van der Waals surface area (Å²) in [6.45, 7) is 2.27. The summed E-state index contributed by atoms with van der Waals surface area (Å²) in [4.78, 5) is 22.9. The Kier molecular flexibility index (Phi) is 6.83. The highest BCUT2D eigenvalue weighted by Gasteiger charge is 2.09. The van der Waals surface area contributed by atoms with Crippen LogP contribution in [0.1, 0.15) is 30.1 Å². The van der Waals surface area contributed by atoms with E-state index in [-0.39, 0.29) is 5.91 Å². The zero-order valence-corrected chi connectivity index (χ0v) is 14.0. The summed E-state index contributed by atoms with van der Waals surface area (Å²) in [6.07, 6.45) is 2.02. The van der Waals surface area contributed by atoms with Crippen molar-refractivity contribution in [3.05, 3.63) is 54.1 Å². The molecule has 0 aliphatic rings. The summed E-state index contributed by atoms with van der Waals surface area (Å²) in [5.41, 5.74) is 0.996. The molecule has 6 heteroatoms. The molecule has 132 valence electrons. The largest absolute Gasteiger partial charge is 0.494 e. The summed E-state index contributed by atoms with van der Waals surface area (Å²) in [7, 11) is 0. The molecule has 2 aromatic carbocycles. The van der Waals surface area contributed by atoms with Gasteiger partial charge in [0.05, 0.1) is 6.61 Å². The molecule has 0 spiro atoms. The van der Waals surface area contributed by atoms with Crippen LogP contribution in [0.25, 0.3) is 0 Å². The Morgan fingerprint density at radius 1 is 1.04 bits per heavy atom. The van der Waals surface area contributed by atoms with E-state index >= 15 is 0 Å². The number of anilines is 1. The van der Waals surface area contributed by atoms with Crippen molar-refractivity contribution >= 4 is 17.6 Å². The van der Waals surface area contributed by atoms with Crippen LogP contribution < -0.4 is 14.8 Å². The van der Waals surface area contributed by atoms with Crippen molar-refractivity contribution in [3.8, 4) is 11.5 Å². The zero-order valence-electron chi connectivity index (χ0n) is 14.0. The van der Waals surface area contributed by atoms with Crippen molar-refractivity contribution in [2.24, 2.45) is 0 Å². The van der Waals surface area contributed by atoms with Gasteiger partial charge < -0.3 is 19.9 Å². The van der Waals surface area contributed by atoms with E-state index in [0.29, 0.717) is 29.4 Å². The average Bonchev–Trinajstić information content (AvgIpc) is 2.61. The number of carboxylic acids is 1. The number of hydrogen-bond acceptors (Lipinski definition) is 4. The molecule has 0 aliphatic carbocycles. The van der Waals surface area contributed by atoms with Crippen molar-refractivity contribution in [2.75, 3.05) is 18.5 Å². The number of carbonyl (C=O) groups excluding carboxylic acids is 1. The van der Waals surface area contributed by atoms with Crippen molar-refractivity contribution in [1.29, 1.82) is 0 Å². The number of carboxylic acid groups (broad SMARTS) is 1. The number of nitrogens with one attached hydrogen (secondary N) is 1. The number of benzene rings is 2. The van der Waals surface area contributed by atoms with Crippen LogP contribution in [0.2, 0.25) is 0 Å². The summed E-state index contributed by atoms with van der Waals surface area (Å²) in [5, 5.41) is 11.4. The summed E-state index contributed by atoms with van der Waals surface area (Å²) >= 11 is 0. The van der Waals surface area contributed by atoms with Gasteiger partial charge in [0.15, 0.2) is 6.61 Å². The molecular weight excluding hydrogens is 322 g/mol. The van der Waals surface area contributed by atoms with Crippen LogP contribution in [-0.4, -0.2) is 30.2 Å². The van der Waals surface area contributed by atoms with Gasteiger partial charge in [-0.05, 0) is 36.8 Å². The van der Waals surface area contributed by atoms with Crippen molar-refractivity contribution < 1.29 is 24.2 Å². The fraction of sp³-hybridized carbons (Fsp3) is 0.263. The maximum Gasteiger partial charge on any atom is 0.341 e. The molecule has 6 nitrogen and oxygen atoms in total. The second-order valence-corrected chi connectivity index (χ2v) is 5.39. The smallest absolute Gasteiger partial charge is 0.341 e. The van der Waals surface area contributed by atoms with Crippen LogP contribution in [0.15, 0.2) is 48.5 Å². The van der Waals surface area contributed by atoms with Gasteiger partial charge in [0.1, 0.15) is 11.5 Å². The molecule has 0 atom stereocenters. The lowest BCUT2D eigenvalue weighted by atomic mass is 10.2. The van der Waals surface area contributed by atoms with E-state index in [1.807, 2.05) is 12.1 Å². The van der Waals surface area contributed by atoms with Crippen LogP contribution in [0, 0.1) is 0 Å². The molecule has 1 amide bonds. The molecule has 0 aromatic heterocycles. The highest BCUT2D eigenvalue weighted by Crippen LogP contribution is 2.19. The lowest BCUT2D eigenvalue weighted by molar-refractivity contribution is -0.139. The van der Waals surface area contributed by atoms with Crippen LogP contribution >= 0.6 is 0 Å². The second-order valence-electron chi connectivity index (χ2n) is 5.39.